The molecule has 126 valence electrons. The quantitative estimate of drug-likeness (QED) is 0.589. The maximum Gasteiger partial charge on any atom is 0.338 e. The molecule has 0 N–H and O–H groups in total. The summed E-state index contributed by atoms with van der Waals surface area (Å²) in [5.41, 5.74) is 3.62. The molecular weight excluding hydrogens is 312 g/mol. The minimum absolute atomic E-state index is 0.305. The van der Waals surface area contributed by atoms with Crippen LogP contribution in [0.1, 0.15) is 22.8 Å². The molecule has 0 heterocycles. The lowest BCUT2D eigenvalue weighted by atomic mass is 10.0. The summed E-state index contributed by atoms with van der Waals surface area (Å²) in [6.07, 6.45) is 0. The average Bonchev–Trinajstić information content (AvgIpc) is 2.68. The Hall–Kier alpha value is -3.07. The SMILES string of the molecule is CCOC(=O)c1cccc(-c2cccc(OCc3ccccc3)c2)c1. The fourth-order valence-electron chi connectivity index (χ4n) is 2.55. The van der Waals surface area contributed by atoms with Gasteiger partial charge in [-0.05, 0) is 47.9 Å². The molecule has 0 aliphatic carbocycles. The number of benzene rings is 3. The van der Waals surface area contributed by atoms with Gasteiger partial charge < -0.3 is 9.47 Å². The number of carbonyl (C=O) groups is 1. The van der Waals surface area contributed by atoms with E-state index in [0.717, 1.165) is 22.4 Å². The van der Waals surface area contributed by atoms with Gasteiger partial charge in [-0.15, -0.1) is 0 Å². The van der Waals surface area contributed by atoms with E-state index in [-0.39, 0.29) is 5.97 Å². The van der Waals surface area contributed by atoms with Crippen LogP contribution >= 0.6 is 0 Å². The molecule has 0 aliphatic heterocycles. The van der Waals surface area contributed by atoms with E-state index in [0.29, 0.717) is 18.8 Å². The molecule has 0 saturated heterocycles. The summed E-state index contributed by atoms with van der Waals surface area (Å²) in [6, 6.07) is 25.3. The third-order valence-electron chi connectivity index (χ3n) is 3.79. The molecular formula is C22H20O3. The maximum absolute atomic E-state index is 11.9. The Morgan fingerprint density at radius 3 is 2.32 bits per heavy atom. The molecule has 3 aromatic carbocycles. The Morgan fingerprint density at radius 1 is 0.840 bits per heavy atom. The van der Waals surface area contributed by atoms with Crippen molar-refractivity contribution in [2.24, 2.45) is 0 Å². The molecule has 0 bridgehead atoms. The Balaban J connectivity index is 1.77. The van der Waals surface area contributed by atoms with Gasteiger partial charge in [-0.1, -0.05) is 54.6 Å². The summed E-state index contributed by atoms with van der Waals surface area (Å²) >= 11 is 0. The van der Waals surface area contributed by atoms with Crippen molar-refractivity contribution < 1.29 is 14.3 Å². The fraction of sp³-hybridized carbons (Fsp3) is 0.136. The van der Waals surface area contributed by atoms with Crippen molar-refractivity contribution in [3.05, 3.63) is 90.0 Å². The maximum atomic E-state index is 11.9. The lowest BCUT2D eigenvalue weighted by Crippen LogP contribution is -2.04. The zero-order valence-electron chi connectivity index (χ0n) is 14.1. The van der Waals surface area contributed by atoms with E-state index in [1.54, 1.807) is 13.0 Å². The smallest absolute Gasteiger partial charge is 0.338 e. The molecule has 3 aromatic rings. The summed E-state index contributed by atoms with van der Waals surface area (Å²) in [4.78, 5) is 11.9. The van der Waals surface area contributed by atoms with Crippen LogP contribution < -0.4 is 4.74 Å². The second-order valence-corrected chi connectivity index (χ2v) is 5.60. The summed E-state index contributed by atoms with van der Waals surface area (Å²) < 4.78 is 10.9. The van der Waals surface area contributed by atoms with Gasteiger partial charge in [0.05, 0.1) is 12.2 Å². The van der Waals surface area contributed by atoms with Gasteiger partial charge in [-0.3, -0.25) is 0 Å². The third kappa shape index (κ3) is 4.48. The van der Waals surface area contributed by atoms with Crippen LogP contribution in [-0.4, -0.2) is 12.6 Å². The van der Waals surface area contributed by atoms with Crippen molar-refractivity contribution in [1.29, 1.82) is 0 Å². The topological polar surface area (TPSA) is 35.5 Å². The normalized spacial score (nSPS) is 10.3. The first kappa shape index (κ1) is 16.8. The lowest BCUT2D eigenvalue weighted by molar-refractivity contribution is 0.0526. The molecule has 3 nitrogen and oxygen atoms in total. The van der Waals surface area contributed by atoms with E-state index < -0.39 is 0 Å². The molecule has 0 aromatic heterocycles. The van der Waals surface area contributed by atoms with Gasteiger partial charge in [0.1, 0.15) is 12.4 Å². The van der Waals surface area contributed by atoms with Gasteiger partial charge in [0.15, 0.2) is 0 Å². The van der Waals surface area contributed by atoms with Gasteiger partial charge >= 0.3 is 5.97 Å². The summed E-state index contributed by atoms with van der Waals surface area (Å²) in [6.45, 7) is 2.69. The van der Waals surface area contributed by atoms with Gasteiger partial charge in [-0.25, -0.2) is 4.79 Å². The molecule has 0 fully saturated rings. The van der Waals surface area contributed by atoms with Gasteiger partial charge in [0, 0.05) is 0 Å². The Morgan fingerprint density at radius 2 is 1.56 bits per heavy atom. The first-order chi connectivity index (χ1) is 12.3. The highest BCUT2D eigenvalue weighted by atomic mass is 16.5. The molecule has 3 heteroatoms. The van der Waals surface area contributed by atoms with Crippen molar-refractivity contribution in [3.8, 4) is 16.9 Å². The van der Waals surface area contributed by atoms with Crippen LogP contribution in [-0.2, 0) is 11.3 Å². The van der Waals surface area contributed by atoms with Crippen LogP contribution in [0.25, 0.3) is 11.1 Å². The number of carbonyl (C=O) groups excluding carboxylic acids is 1. The van der Waals surface area contributed by atoms with Gasteiger partial charge in [-0.2, -0.15) is 0 Å². The zero-order valence-corrected chi connectivity index (χ0v) is 14.1. The van der Waals surface area contributed by atoms with Crippen LogP contribution in [0.2, 0.25) is 0 Å². The standard InChI is InChI=1S/C22H20O3/c1-2-24-22(23)20-12-6-10-18(14-20)19-11-7-13-21(15-19)25-16-17-8-4-3-5-9-17/h3-15H,2,16H2,1H3. The van der Waals surface area contributed by atoms with Crippen molar-refractivity contribution >= 4 is 5.97 Å². The molecule has 0 aliphatic rings. The number of hydrogen-bond donors (Lipinski definition) is 0. The Kier molecular flexibility index (Phi) is 5.47. The van der Waals surface area contributed by atoms with Crippen molar-refractivity contribution in [3.63, 3.8) is 0 Å². The van der Waals surface area contributed by atoms with Crippen molar-refractivity contribution in [2.75, 3.05) is 6.61 Å². The summed E-state index contributed by atoms with van der Waals surface area (Å²) in [5.74, 6) is 0.490. The fourth-order valence-corrected chi connectivity index (χ4v) is 2.55. The van der Waals surface area contributed by atoms with Crippen LogP contribution in [0.5, 0.6) is 5.75 Å². The molecule has 3 rings (SSSR count). The molecule has 0 amide bonds. The number of hydrogen-bond acceptors (Lipinski definition) is 3. The number of esters is 1. The van der Waals surface area contributed by atoms with E-state index in [4.69, 9.17) is 9.47 Å². The highest BCUT2D eigenvalue weighted by Crippen LogP contribution is 2.25. The molecule has 0 atom stereocenters. The van der Waals surface area contributed by atoms with E-state index in [1.807, 2.05) is 72.8 Å². The minimum Gasteiger partial charge on any atom is -0.489 e. The predicted molar refractivity (Wildman–Crippen MR) is 98.6 cm³/mol. The zero-order chi connectivity index (χ0) is 17.5. The van der Waals surface area contributed by atoms with Crippen molar-refractivity contribution in [1.82, 2.24) is 0 Å². The van der Waals surface area contributed by atoms with E-state index in [2.05, 4.69) is 0 Å². The number of ether oxygens (including phenoxy) is 2. The van der Waals surface area contributed by atoms with Crippen LogP contribution in [0.3, 0.4) is 0 Å². The number of rotatable bonds is 6. The average molecular weight is 332 g/mol. The molecule has 0 unspecified atom stereocenters. The largest absolute Gasteiger partial charge is 0.489 e. The van der Waals surface area contributed by atoms with Crippen LogP contribution in [0.15, 0.2) is 78.9 Å². The van der Waals surface area contributed by atoms with Crippen molar-refractivity contribution in [2.45, 2.75) is 13.5 Å². The summed E-state index contributed by atoms with van der Waals surface area (Å²) in [5, 5.41) is 0. The Bertz CT molecular complexity index is 841. The first-order valence-electron chi connectivity index (χ1n) is 8.30. The van der Waals surface area contributed by atoms with E-state index in [9.17, 15) is 4.79 Å². The highest BCUT2D eigenvalue weighted by Gasteiger charge is 2.08. The predicted octanol–water partition coefficient (Wildman–Crippen LogP) is 5.11. The van der Waals surface area contributed by atoms with Gasteiger partial charge in [0.2, 0.25) is 0 Å². The van der Waals surface area contributed by atoms with Gasteiger partial charge in [0.25, 0.3) is 0 Å². The molecule has 0 radical (unpaired) electrons. The van der Waals surface area contributed by atoms with Crippen LogP contribution in [0.4, 0.5) is 0 Å². The molecule has 0 spiro atoms. The summed E-state index contributed by atoms with van der Waals surface area (Å²) in [7, 11) is 0. The third-order valence-corrected chi connectivity index (χ3v) is 3.79. The van der Waals surface area contributed by atoms with Crippen LogP contribution in [0, 0.1) is 0 Å². The first-order valence-corrected chi connectivity index (χ1v) is 8.30. The molecule has 0 saturated carbocycles. The monoisotopic (exact) mass is 332 g/mol. The molecule has 25 heavy (non-hydrogen) atoms. The second kappa shape index (κ2) is 8.15. The van der Waals surface area contributed by atoms with E-state index >= 15 is 0 Å². The highest BCUT2D eigenvalue weighted by molar-refractivity contribution is 5.91. The minimum atomic E-state index is -0.305. The van der Waals surface area contributed by atoms with E-state index in [1.165, 1.54) is 0 Å². The second-order valence-electron chi connectivity index (χ2n) is 5.60. The Labute approximate surface area is 147 Å². The lowest BCUT2D eigenvalue weighted by Gasteiger charge is -2.09.